The SMILES string of the molecule is C[C@@H]1CCc2sc(C(=O)N/N=C\c3ccco3)cc2C1. The molecule has 0 fully saturated rings. The summed E-state index contributed by atoms with van der Waals surface area (Å²) in [6.45, 7) is 2.26. The molecule has 0 saturated carbocycles. The number of rotatable bonds is 3. The average Bonchev–Trinajstić information content (AvgIpc) is 3.06. The first-order valence-corrected chi connectivity index (χ1v) is 7.52. The van der Waals surface area contributed by atoms with Gasteiger partial charge >= 0.3 is 0 Å². The molecule has 3 rings (SSSR count). The lowest BCUT2D eigenvalue weighted by Gasteiger charge is -2.16. The Balaban J connectivity index is 1.66. The van der Waals surface area contributed by atoms with Gasteiger partial charge in [-0.1, -0.05) is 6.92 Å². The van der Waals surface area contributed by atoms with Crippen molar-refractivity contribution in [1.82, 2.24) is 5.43 Å². The van der Waals surface area contributed by atoms with Gasteiger partial charge in [0.15, 0.2) is 0 Å². The van der Waals surface area contributed by atoms with Crippen molar-refractivity contribution in [3.8, 4) is 0 Å². The van der Waals surface area contributed by atoms with E-state index >= 15 is 0 Å². The molecule has 1 amide bonds. The molecule has 1 aliphatic carbocycles. The highest BCUT2D eigenvalue weighted by Crippen LogP contribution is 2.32. The van der Waals surface area contributed by atoms with Gasteiger partial charge in [0.2, 0.25) is 0 Å². The van der Waals surface area contributed by atoms with Gasteiger partial charge in [-0.15, -0.1) is 11.3 Å². The first-order chi connectivity index (χ1) is 9.72. The molecule has 1 atom stereocenters. The number of carbonyl (C=O) groups is 1. The second-order valence-corrected chi connectivity index (χ2v) is 6.26. The van der Waals surface area contributed by atoms with Crippen LogP contribution in [0.4, 0.5) is 0 Å². The van der Waals surface area contributed by atoms with E-state index in [1.165, 1.54) is 23.1 Å². The Hall–Kier alpha value is -1.88. The number of carbonyl (C=O) groups excluding carboxylic acids is 1. The molecular formula is C15H16N2O2S. The molecule has 2 aromatic heterocycles. The first-order valence-electron chi connectivity index (χ1n) is 6.71. The number of nitrogens with one attached hydrogen (secondary N) is 1. The summed E-state index contributed by atoms with van der Waals surface area (Å²) in [6.07, 6.45) is 6.44. The molecule has 2 heterocycles. The zero-order chi connectivity index (χ0) is 13.9. The van der Waals surface area contributed by atoms with Gasteiger partial charge in [-0.05, 0) is 48.9 Å². The zero-order valence-corrected chi connectivity index (χ0v) is 12.1. The van der Waals surface area contributed by atoms with Crippen LogP contribution in [0.1, 0.15) is 39.2 Å². The van der Waals surface area contributed by atoms with Crippen molar-refractivity contribution >= 4 is 23.5 Å². The first kappa shape index (κ1) is 13.1. The van der Waals surface area contributed by atoms with Crippen LogP contribution < -0.4 is 5.43 Å². The van der Waals surface area contributed by atoms with Gasteiger partial charge < -0.3 is 4.42 Å². The van der Waals surface area contributed by atoms with Crippen molar-refractivity contribution in [2.75, 3.05) is 0 Å². The number of hydrazone groups is 1. The van der Waals surface area contributed by atoms with Crippen LogP contribution >= 0.6 is 11.3 Å². The summed E-state index contributed by atoms with van der Waals surface area (Å²) in [5.41, 5.74) is 3.87. The second-order valence-electron chi connectivity index (χ2n) is 5.12. The average molecular weight is 288 g/mol. The Bertz CT molecular complexity index is 628. The Morgan fingerprint density at radius 1 is 1.60 bits per heavy atom. The summed E-state index contributed by atoms with van der Waals surface area (Å²) in [5, 5.41) is 3.90. The monoisotopic (exact) mass is 288 g/mol. The van der Waals surface area contributed by atoms with E-state index in [0.717, 1.165) is 17.7 Å². The number of aryl methyl sites for hydroxylation is 1. The van der Waals surface area contributed by atoms with Crippen LogP contribution in [0.15, 0.2) is 34.0 Å². The van der Waals surface area contributed by atoms with Crippen molar-refractivity contribution < 1.29 is 9.21 Å². The fourth-order valence-corrected chi connectivity index (χ4v) is 3.49. The number of fused-ring (bicyclic) bond motifs is 1. The van der Waals surface area contributed by atoms with Crippen molar-refractivity contribution in [2.24, 2.45) is 11.0 Å². The number of nitrogens with zero attached hydrogens (tertiary/aromatic N) is 1. The molecule has 0 unspecified atom stereocenters. The van der Waals surface area contributed by atoms with Crippen molar-refractivity contribution in [3.05, 3.63) is 45.5 Å². The Labute approximate surface area is 121 Å². The predicted molar refractivity (Wildman–Crippen MR) is 79.3 cm³/mol. The maximum absolute atomic E-state index is 12.0. The van der Waals surface area contributed by atoms with Crippen LogP contribution in [0.25, 0.3) is 0 Å². The largest absolute Gasteiger partial charge is 0.463 e. The quantitative estimate of drug-likeness (QED) is 0.696. The van der Waals surface area contributed by atoms with Crippen molar-refractivity contribution in [1.29, 1.82) is 0 Å². The minimum Gasteiger partial charge on any atom is -0.463 e. The Kier molecular flexibility index (Phi) is 3.69. The van der Waals surface area contributed by atoms with Crippen LogP contribution in [0, 0.1) is 5.92 Å². The fourth-order valence-electron chi connectivity index (χ4n) is 2.39. The maximum atomic E-state index is 12.0. The zero-order valence-electron chi connectivity index (χ0n) is 11.3. The van der Waals surface area contributed by atoms with Crippen LogP contribution in [0.5, 0.6) is 0 Å². The molecule has 0 spiro atoms. The summed E-state index contributed by atoms with van der Waals surface area (Å²) in [4.78, 5) is 14.1. The van der Waals surface area contributed by atoms with E-state index in [9.17, 15) is 4.79 Å². The molecule has 0 aliphatic heterocycles. The predicted octanol–water partition coefficient (Wildman–Crippen LogP) is 3.23. The Morgan fingerprint density at radius 2 is 2.50 bits per heavy atom. The van der Waals surface area contributed by atoms with Gasteiger partial charge in [-0.3, -0.25) is 4.79 Å². The summed E-state index contributed by atoms with van der Waals surface area (Å²) >= 11 is 1.58. The number of amides is 1. The summed E-state index contributed by atoms with van der Waals surface area (Å²) in [6, 6.07) is 5.56. The molecular weight excluding hydrogens is 272 g/mol. The van der Waals surface area contributed by atoms with Crippen molar-refractivity contribution in [3.63, 3.8) is 0 Å². The minimum atomic E-state index is -0.153. The Morgan fingerprint density at radius 3 is 3.30 bits per heavy atom. The number of hydrogen-bond acceptors (Lipinski definition) is 4. The second kappa shape index (κ2) is 5.63. The van der Waals surface area contributed by atoms with Crippen LogP contribution in [-0.4, -0.2) is 12.1 Å². The molecule has 1 aliphatic rings. The van der Waals surface area contributed by atoms with Crippen LogP contribution in [0.2, 0.25) is 0 Å². The normalized spacial score (nSPS) is 18.1. The third-order valence-electron chi connectivity index (χ3n) is 3.45. The third kappa shape index (κ3) is 2.82. The van der Waals surface area contributed by atoms with E-state index in [1.54, 1.807) is 29.7 Å². The summed E-state index contributed by atoms with van der Waals surface area (Å²) in [5.74, 6) is 1.18. The van der Waals surface area contributed by atoms with Gasteiger partial charge in [0.1, 0.15) is 5.76 Å². The van der Waals surface area contributed by atoms with Crippen molar-refractivity contribution in [2.45, 2.75) is 26.2 Å². The highest BCUT2D eigenvalue weighted by Gasteiger charge is 2.20. The number of hydrogen-bond donors (Lipinski definition) is 1. The standard InChI is InChI=1S/C15H16N2O2S/c1-10-4-5-13-11(7-10)8-14(20-13)15(18)17-16-9-12-3-2-6-19-12/h2-3,6,8-10H,4-5,7H2,1H3,(H,17,18)/b16-9-/t10-/m1/s1. The molecule has 4 nitrogen and oxygen atoms in total. The van der Waals surface area contributed by atoms with E-state index in [2.05, 4.69) is 17.5 Å². The molecule has 104 valence electrons. The van der Waals surface area contributed by atoms with E-state index < -0.39 is 0 Å². The summed E-state index contributed by atoms with van der Waals surface area (Å²) in [7, 11) is 0. The maximum Gasteiger partial charge on any atom is 0.281 e. The van der Waals surface area contributed by atoms with Gasteiger partial charge in [0.05, 0.1) is 17.4 Å². The third-order valence-corrected chi connectivity index (χ3v) is 4.69. The van der Waals surface area contributed by atoms with E-state index in [4.69, 9.17) is 4.42 Å². The molecule has 2 aromatic rings. The lowest BCUT2D eigenvalue weighted by molar-refractivity contribution is 0.0959. The number of furan rings is 1. The van der Waals surface area contributed by atoms with Crippen LogP contribution in [-0.2, 0) is 12.8 Å². The highest BCUT2D eigenvalue weighted by atomic mass is 32.1. The van der Waals surface area contributed by atoms with E-state index in [0.29, 0.717) is 11.7 Å². The van der Waals surface area contributed by atoms with Gasteiger partial charge in [0.25, 0.3) is 5.91 Å². The van der Waals surface area contributed by atoms with E-state index in [1.807, 2.05) is 6.07 Å². The van der Waals surface area contributed by atoms with Gasteiger partial charge in [-0.25, -0.2) is 5.43 Å². The van der Waals surface area contributed by atoms with E-state index in [-0.39, 0.29) is 5.91 Å². The topological polar surface area (TPSA) is 54.6 Å². The molecule has 0 radical (unpaired) electrons. The highest BCUT2D eigenvalue weighted by molar-refractivity contribution is 7.14. The lowest BCUT2D eigenvalue weighted by atomic mass is 9.90. The number of thiophene rings is 1. The molecule has 5 heteroatoms. The molecule has 1 N–H and O–H groups in total. The van der Waals surface area contributed by atoms with Gasteiger partial charge in [-0.2, -0.15) is 5.10 Å². The lowest BCUT2D eigenvalue weighted by Crippen LogP contribution is -2.16. The van der Waals surface area contributed by atoms with Crippen LogP contribution in [0.3, 0.4) is 0 Å². The summed E-state index contributed by atoms with van der Waals surface area (Å²) < 4.78 is 5.10. The smallest absolute Gasteiger partial charge is 0.281 e. The molecule has 0 saturated heterocycles. The molecule has 0 aromatic carbocycles. The molecule has 20 heavy (non-hydrogen) atoms. The minimum absolute atomic E-state index is 0.153. The van der Waals surface area contributed by atoms with Gasteiger partial charge in [0, 0.05) is 4.88 Å². The molecule has 0 bridgehead atoms. The fraction of sp³-hybridized carbons (Fsp3) is 0.333.